The van der Waals surface area contributed by atoms with E-state index in [0.717, 1.165) is 37.0 Å². The lowest BCUT2D eigenvalue weighted by atomic mass is 9.94. The summed E-state index contributed by atoms with van der Waals surface area (Å²) < 4.78 is 26.6. The minimum atomic E-state index is -3.70. The number of aliphatic hydroxyl groups is 2. The molecule has 1 aromatic heterocycles. The van der Waals surface area contributed by atoms with Gasteiger partial charge in [0.15, 0.2) is 9.84 Å². The molecule has 0 amide bonds. The van der Waals surface area contributed by atoms with Crippen molar-refractivity contribution in [2.24, 2.45) is 0 Å². The molecule has 1 saturated carbocycles. The van der Waals surface area contributed by atoms with Crippen LogP contribution in [0.5, 0.6) is 0 Å². The number of hydrogen-bond donors (Lipinski definition) is 2. The average molecular weight is 409 g/mol. The van der Waals surface area contributed by atoms with Crippen molar-refractivity contribution in [1.82, 2.24) is 9.55 Å². The van der Waals surface area contributed by atoms with Gasteiger partial charge in [-0.05, 0) is 44.9 Å². The zero-order chi connectivity index (χ0) is 21.0. The summed E-state index contributed by atoms with van der Waals surface area (Å²) in [5, 5.41) is 20.5. The third-order valence-corrected chi connectivity index (χ3v) is 8.25. The van der Waals surface area contributed by atoms with Crippen molar-refractivity contribution >= 4 is 20.9 Å². The first-order chi connectivity index (χ1) is 12.8. The van der Waals surface area contributed by atoms with Crippen LogP contribution in [-0.4, -0.2) is 45.1 Å². The second-order valence-corrected chi connectivity index (χ2v) is 12.4. The lowest BCUT2D eigenvalue weighted by Gasteiger charge is -2.27. The van der Waals surface area contributed by atoms with Gasteiger partial charge in [0.25, 0.3) is 0 Å². The molecule has 0 radical (unpaired) electrons. The number of sulfone groups is 1. The number of nitrogens with zero attached hydrogens (tertiary/aromatic N) is 2. The molecule has 28 heavy (non-hydrogen) atoms. The standard InChI is InChI=1S/C21H32N2O4S/c1-19(2,3)18-22-16-12-15(28(26,27)20(4,5)14-24)8-9-17(16)23(18)13-21(25)10-6-7-11-21/h8-9,12,24-25H,6-7,10-11,13-14H2,1-5H3. The summed E-state index contributed by atoms with van der Waals surface area (Å²) in [5.74, 6) is 0.832. The molecule has 0 atom stereocenters. The van der Waals surface area contributed by atoms with Crippen LogP contribution in [-0.2, 0) is 21.8 Å². The maximum Gasteiger partial charge on any atom is 0.185 e. The van der Waals surface area contributed by atoms with Crippen molar-refractivity contribution in [2.75, 3.05) is 6.61 Å². The highest BCUT2D eigenvalue weighted by atomic mass is 32.2. The zero-order valence-corrected chi connectivity index (χ0v) is 18.3. The van der Waals surface area contributed by atoms with Crippen LogP contribution in [0.2, 0.25) is 0 Å². The van der Waals surface area contributed by atoms with E-state index in [1.54, 1.807) is 18.2 Å². The molecule has 0 spiro atoms. The van der Waals surface area contributed by atoms with E-state index in [0.29, 0.717) is 12.1 Å². The van der Waals surface area contributed by atoms with Gasteiger partial charge in [-0.15, -0.1) is 0 Å². The highest BCUT2D eigenvalue weighted by Crippen LogP contribution is 2.36. The van der Waals surface area contributed by atoms with Crippen LogP contribution in [0.25, 0.3) is 11.0 Å². The number of fused-ring (bicyclic) bond motifs is 1. The SMILES string of the molecule is CC(C)(C)c1nc2cc(S(=O)(=O)C(C)(C)CO)ccc2n1CC1(O)CCCC1. The number of benzene rings is 1. The third kappa shape index (κ3) is 3.60. The molecule has 0 saturated heterocycles. The van der Waals surface area contributed by atoms with Crippen LogP contribution in [0.1, 0.15) is 66.1 Å². The van der Waals surface area contributed by atoms with Crippen molar-refractivity contribution in [3.05, 3.63) is 24.0 Å². The van der Waals surface area contributed by atoms with Gasteiger partial charge in [-0.3, -0.25) is 0 Å². The van der Waals surface area contributed by atoms with Crippen LogP contribution in [0, 0.1) is 0 Å². The van der Waals surface area contributed by atoms with Crippen molar-refractivity contribution in [3.63, 3.8) is 0 Å². The number of rotatable bonds is 5. The molecule has 7 heteroatoms. The average Bonchev–Trinajstić information content (AvgIpc) is 3.18. The molecular weight excluding hydrogens is 376 g/mol. The van der Waals surface area contributed by atoms with Crippen LogP contribution in [0.15, 0.2) is 23.1 Å². The first kappa shape index (κ1) is 21.3. The Morgan fingerprint density at radius 3 is 2.29 bits per heavy atom. The quantitative estimate of drug-likeness (QED) is 0.793. The van der Waals surface area contributed by atoms with Gasteiger partial charge in [0.05, 0.1) is 39.4 Å². The second kappa shape index (κ2) is 6.82. The van der Waals surface area contributed by atoms with E-state index < -0.39 is 26.8 Å². The van der Waals surface area contributed by atoms with Gasteiger partial charge in [0.2, 0.25) is 0 Å². The molecule has 0 bridgehead atoms. The highest BCUT2D eigenvalue weighted by Gasteiger charge is 2.37. The van der Waals surface area contributed by atoms with Crippen LogP contribution < -0.4 is 0 Å². The van der Waals surface area contributed by atoms with Gasteiger partial charge in [-0.25, -0.2) is 13.4 Å². The molecule has 1 aromatic carbocycles. The minimum Gasteiger partial charge on any atom is -0.395 e. The molecule has 1 aliphatic carbocycles. The fourth-order valence-corrected chi connectivity index (χ4v) is 5.22. The highest BCUT2D eigenvalue weighted by molar-refractivity contribution is 7.92. The maximum atomic E-state index is 12.9. The Hall–Kier alpha value is -1.44. The van der Waals surface area contributed by atoms with Crippen LogP contribution >= 0.6 is 0 Å². The Morgan fingerprint density at radius 2 is 1.75 bits per heavy atom. The summed E-state index contributed by atoms with van der Waals surface area (Å²) in [6.07, 6.45) is 3.58. The Morgan fingerprint density at radius 1 is 1.14 bits per heavy atom. The summed E-state index contributed by atoms with van der Waals surface area (Å²) in [6, 6.07) is 4.95. The molecule has 1 heterocycles. The van der Waals surface area contributed by atoms with Gasteiger partial charge in [-0.2, -0.15) is 0 Å². The van der Waals surface area contributed by atoms with Crippen LogP contribution in [0.3, 0.4) is 0 Å². The Bertz CT molecular complexity index is 978. The smallest absolute Gasteiger partial charge is 0.185 e. The normalized spacial score (nSPS) is 18.1. The molecule has 0 unspecified atom stereocenters. The summed E-state index contributed by atoms with van der Waals surface area (Å²) >= 11 is 0. The van der Waals surface area contributed by atoms with E-state index in [9.17, 15) is 18.6 Å². The molecule has 3 rings (SSSR count). The molecule has 0 aliphatic heterocycles. The van der Waals surface area contributed by atoms with Crippen LogP contribution in [0.4, 0.5) is 0 Å². The van der Waals surface area contributed by atoms with Gasteiger partial charge in [-0.1, -0.05) is 33.6 Å². The molecule has 6 nitrogen and oxygen atoms in total. The molecule has 1 fully saturated rings. The fourth-order valence-electron chi connectivity index (χ4n) is 3.90. The third-order valence-electron chi connectivity index (χ3n) is 5.80. The van der Waals surface area contributed by atoms with E-state index in [1.807, 2.05) is 4.57 Å². The summed E-state index contributed by atoms with van der Waals surface area (Å²) in [5.41, 5.74) is 0.432. The number of hydrogen-bond acceptors (Lipinski definition) is 5. The predicted octanol–water partition coefficient (Wildman–Crippen LogP) is 3.18. The summed E-state index contributed by atoms with van der Waals surface area (Å²) in [7, 11) is -3.70. The van der Waals surface area contributed by atoms with E-state index in [4.69, 9.17) is 4.98 Å². The molecule has 2 aromatic rings. The Balaban J connectivity index is 2.16. The number of aromatic nitrogens is 2. The first-order valence-electron chi connectivity index (χ1n) is 9.89. The summed E-state index contributed by atoms with van der Waals surface area (Å²) in [6.45, 7) is 9.23. The largest absolute Gasteiger partial charge is 0.395 e. The Labute approximate surface area is 167 Å². The van der Waals surface area contributed by atoms with E-state index in [1.165, 1.54) is 13.8 Å². The van der Waals surface area contributed by atoms with Gasteiger partial charge in [0.1, 0.15) is 5.82 Å². The van der Waals surface area contributed by atoms with E-state index in [-0.39, 0.29) is 10.3 Å². The van der Waals surface area contributed by atoms with E-state index >= 15 is 0 Å². The van der Waals surface area contributed by atoms with Crippen molar-refractivity contribution in [3.8, 4) is 0 Å². The molecule has 156 valence electrons. The lowest BCUT2D eigenvalue weighted by Crippen LogP contribution is -2.35. The molecule has 2 N–H and O–H groups in total. The topological polar surface area (TPSA) is 92.4 Å². The Kier molecular flexibility index (Phi) is 5.18. The van der Waals surface area contributed by atoms with Gasteiger partial charge < -0.3 is 14.8 Å². The van der Waals surface area contributed by atoms with Crippen molar-refractivity contribution < 1.29 is 18.6 Å². The number of imidazole rings is 1. The maximum absolute atomic E-state index is 12.9. The minimum absolute atomic E-state index is 0.156. The number of aliphatic hydroxyl groups excluding tert-OH is 1. The zero-order valence-electron chi connectivity index (χ0n) is 17.5. The fraction of sp³-hybridized carbons (Fsp3) is 0.667. The summed E-state index contributed by atoms with van der Waals surface area (Å²) in [4.78, 5) is 4.92. The predicted molar refractivity (Wildman–Crippen MR) is 110 cm³/mol. The van der Waals surface area contributed by atoms with Gasteiger partial charge in [0, 0.05) is 5.41 Å². The molecule has 1 aliphatic rings. The van der Waals surface area contributed by atoms with Gasteiger partial charge >= 0.3 is 0 Å². The van der Waals surface area contributed by atoms with Crippen molar-refractivity contribution in [1.29, 1.82) is 0 Å². The van der Waals surface area contributed by atoms with E-state index in [2.05, 4.69) is 20.8 Å². The second-order valence-electron chi connectivity index (χ2n) is 9.77. The molecular formula is C21H32N2O4S. The van der Waals surface area contributed by atoms with Crippen molar-refractivity contribution in [2.45, 2.75) is 87.5 Å². The lowest BCUT2D eigenvalue weighted by molar-refractivity contribution is 0.0296. The monoisotopic (exact) mass is 408 g/mol. The first-order valence-corrected chi connectivity index (χ1v) is 11.4.